The largest absolute Gasteiger partial charge is 0.480 e. The van der Waals surface area contributed by atoms with Crippen LogP contribution in [0.25, 0.3) is 0 Å². The smallest absolute Gasteiger partial charge is 0.327 e. The summed E-state index contributed by atoms with van der Waals surface area (Å²) in [7, 11) is 0. The Morgan fingerprint density at radius 1 is 1.22 bits per heavy atom. The molecule has 148 valence electrons. The number of thioether (sulfide) groups is 1. The van der Waals surface area contributed by atoms with Crippen molar-refractivity contribution in [3.05, 3.63) is 0 Å². The number of aliphatic carboxylic acids is 1. The van der Waals surface area contributed by atoms with Gasteiger partial charge in [-0.15, -0.1) is 11.8 Å². The summed E-state index contributed by atoms with van der Waals surface area (Å²) in [5.74, 6) is -0.259. The fraction of sp³-hybridized carbons (Fsp3) is 0.842. The number of carboxylic acid groups (broad SMARTS) is 1. The van der Waals surface area contributed by atoms with E-state index in [9.17, 15) is 19.5 Å². The molecule has 0 aromatic carbocycles. The van der Waals surface area contributed by atoms with Crippen LogP contribution in [0.4, 0.5) is 0 Å². The number of carboxylic acids is 1. The highest BCUT2D eigenvalue weighted by Crippen LogP contribution is 2.61. The highest BCUT2D eigenvalue weighted by Gasteiger charge is 2.66. The minimum absolute atomic E-state index is 0.0402. The van der Waals surface area contributed by atoms with Gasteiger partial charge in [-0.3, -0.25) is 9.59 Å². The van der Waals surface area contributed by atoms with Crippen LogP contribution in [0.3, 0.4) is 0 Å². The molecule has 3 unspecified atom stereocenters. The van der Waals surface area contributed by atoms with Gasteiger partial charge in [-0.2, -0.15) is 0 Å². The summed E-state index contributed by atoms with van der Waals surface area (Å²) in [6.07, 6.45) is 5.67. The molecule has 7 nitrogen and oxygen atoms in total. The van der Waals surface area contributed by atoms with E-state index in [2.05, 4.69) is 5.32 Å². The molecule has 2 saturated heterocycles. The standard InChI is InChI=1S/C19H27N3O4S/c1-17(2)12(15(24)25)22-13(23)11(14(22)27-17)21-16(26)18-4-9-3-10(5-18)7-19(20,6-9)8-18/h9-12,14H,3-8,20H2,1-2H3,(H,21,26)(H,24,25)/t9?,10?,11?,12-,14+,18?,19?/m0/s1. The second-order valence-corrected chi connectivity index (χ2v) is 11.9. The third-order valence-electron chi connectivity index (χ3n) is 7.55. The molecule has 6 rings (SSSR count). The van der Waals surface area contributed by atoms with Crippen LogP contribution >= 0.6 is 11.8 Å². The van der Waals surface area contributed by atoms with E-state index in [1.54, 1.807) is 0 Å². The molecule has 4 aliphatic carbocycles. The van der Waals surface area contributed by atoms with Gasteiger partial charge < -0.3 is 21.1 Å². The number of nitrogens with two attached hydrogens (primary N) is 1. The maximum Gasteiger partial charge on any atom is 0.327 e. The lowest BCUT2D eigenvalue weighted by molar-refractivity contribution is -0.164. The summed E-state index contributed by atoms with van der Waals surface area (Å²) >= 11 is 1.47. The summed E-state index contributed by atoms with van der Waals surface area (Å²) in [4.78, 5) is 39.0. The topological polar surface area (TPSA) is 113 Å². The van der Waals surface area contributed by atoms with E-state index in [0.717, 1.165) is 25.7 Å². The second-order valence-electron chi connectivity index (χ2n) is 10.2. The lowest BCUT2D eigenvalue weighted by Crippen LogP contribution is -2.72. The van der Waals surface area contributed by atoms with Gasteiger partial charge in [0.1, 0.15) is 17.5 Å². The fourth-order valence-corrected chi connectivity index (χ4v) is 8.66. The van der Waals surface area contributed by atoms with Crippen molar-refractivity contribution in [3.8, 4) is 0 Å². The van der Waals surface area contributed by atoms with Crippen LogP contribution in [0.2, 0.25) is 0 Å². The van der Waals surface area contributed by atoms with Gasteiger partial charge in [0.05, 0.1) is 5.41 Å². The molecule has 2 heterocycles. The Kier molecular flexibility index (Phi) is 3.43. The normalized spacial score (nSPS) is 48.9. The first-order chi connectivity index (χ1) is 12.5. The van der Waals surface area contributed by atoms with Gasteiger partial charge in [-0.1, -0.05) is 0 Å². The Hall–Kier alpha value is -1.28. The Morgan fingerprint density at radius 3 is 2.41 bits per heavy atom. The van der Waals surface area contributed by atoms with Crippen molar-refractivity contribution in [2.75, 3.05) is 0 Å². The summed E-state index contributed by atoms with van der Waals surface area (Å²) in [6, 6.07) is -1.46. The SMILES string of the molecule is CC1(C)S[C@@H]2C(NC(=O)C34CC5CC(CC(N)(C5)C3)C4)C(=O)N2[C@H]1C(=O)O. The number of hydrogen-bond donors (Lipinski definition) is 3. The summed E-state index contributed by atoms with van der Waals surface area (Å²) in [5, 5.41) is 12.2. The van der Waals surface area contributed by atoms with Gasteiger partial charge in [-0.05, 0) is 64.2 Å². The van der Waals surface area contributed by atoms with E-state index >= 15 is 0 Å². The highest BCUT2D eigenvalue weighted by molar-refractivity contribution is 8.01. The van der Waals surface area contributed by atoms with Crippen molar-refractivity contribution in [2.45, 2.75) is 80.1 Å². The molecule has 4 saturated carbocycles. The number of nitrogens with one attached hydrogen (secondary N) is 1. The number of carbonyl (C=O) groups excluding carboxylic acids is 2. The molecule has 2 amide bonds. The Bertz CT molecular complexity index is 739. The molecule has 8 heteroatoms. The monoisotopic (exact) mass is 393 g/mol. The molecule has 2 aliphatic heterocycles. The molecule has 5 atom stereocenters. The number of carbonyl (C=O) groups is 3. The molecular weight excluding hydrogens is 366 g/mol. The minimum atomic E-state index is -0.987. The average molecular weight is 394 g/mol. The van der Waals surface area contributed by atoms with Crippen LogP contribution in [0.1, 0.15) is 52.4 Å². The zero-order chi connectivity index (χ0) is 19.4. The maximum absolute atomic E-state index is 13.3. The maximum atomic E-state index is 13.3. The number of hydrogen-bond acceptors (Lipinski definition) is 5. The van der Waals surface area contributed by atoms with Crippen LogP contribution in [0.5, 0.6) is 0 Å². The van der Waals surface area contributed by atoms with E-state index in [1.165, 1.54) is 23.1 Å². The van der Waals surface area contributed by atoms with Crippen LogP contribution in [-0.2, 0) is 14.4 Å². The Morgan fingerprint density at radius 2 is 1.85 bits per heavy atom. The van der Waals surface area contributed by atoms with E-state index in [4.69, 9.17) is 5.73 Å². The van der Waals surface area contributed by atoms with Gasteiger partial charge in [0.25, 0.3) is 0 Å². The van der Waals surface area contributed by atoms with E-state index in [0.29, 0.717) is 18.3 Å². The van der Waals surface area contributed by atoms with Gasteiger partial charge >= 0.3 is 5.97 Å². The fourth-order valence-electron chi connectivity index (χ4n) is 7.04. The Labute approximate surface area is 162 Å². The minimum Gasteiger partial charge on any atom is -0.480 e. The highest BCUT2D eigenvalue weighted by atomic mass is 32.2. The molecule has 27 heavy (non-hydrogen) atoms. The number of fused-ring (bicyclic) bond motifs is 1. The molecule has 0 aromatic rings. The van der Waals surface area contributed by atoms with Crippen LogP contribution < -0.4 is 11.1 Å². The molecular formula is C19H27N3O4S. The van der Waals surface area contributed by atoms with Crippen molar-refractivity contribution in [1.29, 1.82) is 0 Å². The lowest BCUT2D eigenvalue weighted by atomic mass is 9.47. The van der Waals surface area contributed by atoms with Crippen LogP contribution in [0.15, 0.2) is 0 Å². The average Bonchev–Trinajstić information content (AvgIpc) is 2.78. The number of amides is 2. The molecule has 0 aromatic heterocycles. The predicted molar refractivity (Wildman–Crippen MR) is 99.7 cm³/mol. The van der Waals surface area contributed by atoms with Crippen molar-refractivity contribution < 1.29 is 19.5 Å². The second kappa shape index (κ2) is 5.20. The van der Waals surface area contributed by atoms with Gasteiger partial charge in [0.15, 0.2) is 0 Å². The van der Waals surface area contributed by atoms with Crippen molar-refractivity contribution in [3.63, 3.8) is 0 Å². The first-order valence-corrected chi connectivity index (χ1v) is 10.7. The van der Waals surface area contributed by atoms with Gasteiger partial charge in [0, 0.05) is 10.3 Å². The molecule has 6 aliphatic rings. The lowest BCUT2D eigenvalue weighted by Gasteiger charge is -2.60. The van der Waals surface area contributed by atoms with E-state index < -0.39 is 28.2 Å². The van der Waals surface area contributed by atoms with Gasteiger partial charge in [-0.25, -0.2) is 4.79 Å². The zero-order valence-corrected chi connectivity index (χ0v) is 16.6. The number of rotatable bonds is 3. The third-order valence-corrected chi connectivity index (χ3v) is 9.12. The number of β-lactam (4-membered cyclic amide) rings is 1. The van der Waals surface area contributed by atoms with Crippen molar-refractivity contribution in [1.82, 2.24) is 10.2 Å². The molecule has 4 bridgehead atoms. The van der Waals surface area contributed by atoms with Gasteiger partial charge in [0.2, 0.25) is 11.8 Å². The molecule has 0 spiro atoms. The van der Waals surface area contributed by atoms with E-state index in [1.807, 2.05) is 13.8 Å². The van der Waals surface area contributed by atoms with Crippen LogP contribution in [-0.4, -0.2) is 55.5 Å². The summed E-state index contributed by atoms with van der Waals surface area (Å²) in [5.41, 5.74) is 5.93. The molecule has 6 fully saturated rings. The first kappa shape index (κ1) is 17.8. The van der Waals surface area contributed by atoms with Crippen molar-refractivity contribution >= 4 is 29.5 Å². The molecule has 0 radical (unpaired) electrons. The first-order valence-electron chi connectivity index (χ1n) is 9.86. The Balaban J connectivity index is 1.35. The zero-order valence-electron chi connectivity index (χ0n) is 15.7. The van der Waals surface area contributed by atoms with Crippen molar-refractivity contribution in [2.24, 2.45) is 23.0 Å². The van der Waals surface area contributed by atoms with Crippen LogP contribution in [0, 0.1) is 17.3 Å². The predicted octanol–water partition coefficient (Wildman–Crippen LogP) is 0.916. The quantitative estimate of drug-likeness (QED) is 0.615. The summed E-state index contributed by atoms with van der Waals surface area (Å²) in [6.45, 7) is 3.69. The van der Waals surface area contributed by atoms with E-state index in [-0.39, 0.29) is 22.7 Å². The third kappa shape index (κ3) is 2.35. The molecule has 4 N–H and O–H groups in total. The number of nitrogens with zero attached hydrogens (tertiary/aromatic N) is 1. The summed E-state index contributed by atoms with van der Waals surface area (Å²) < 4.78 is -0.576.